The van der Waals surface area contributed by atoms with Gasteiger partial charge in [-0.1, -0.05) is 44.2 Å². The Hall–Kier alpha value is -2.38. The van der Waals surface area contributed by atoms with Gasteiger partial charge in [0.1, 0.15) is 6.54 Å². The molecule has 1 aromatic carbocycles. The molecule has 152 valence electrons. The van der Waals surface area contributed by atoms with Crippen molar-refractivity contribution in [1.29, 1.82) is 0 Å². The molecule has 0 bridgehead atoms. The average molecular weight is 407 g/mol. The minimum absolute atomic E-state index is 0. The summed E-state index contributed by atoms with van der Waals surface area (Å²) >= 11 is 0. The van der Waals surface area contributed by atoms with Crippen molar-refractivity contribution in [1.82, 2.24) is 14.0 Å². The molecule has 1 fully saturated rings. The summed E-state index contributed by atoms with van der Waals surface area (Å²) in [6.07, 6.45) is 2.18. The number of nitrogens with two attached hydrogens (primary N) is 1. The Balaban J connectivity index is 0.00000280. The highest BCUT2D eigenvalue weighted by molar-refractivity contribution is 5.85. The van der Waals surface area contributed by atoms with Gasteiger partial charge in [0, 0.05) is 31.4 Å². The summed E-state index contributed by atoms with van der Waals surface area (Å²) in [4.78, 5) is 39.3. The van der Waals surface area contributed by atoms with Gasteiger partial charge in [0.05, 0.1) is 6.54 Å². The molecule has 1 unspecified atom stereocenters. The number of aromatic nitrogens is 2. The Kier molecular flexibility index (Phi) is 6.85. The fourth-order valence-corrected chi connectivity index (χ4v) is 3.42. The highest BCUT2D eigenvalue weighted by Crippen LogP contribution is 2.27. The van der Waals surface area contributed by atoms with Crippen molar-refractivity contribution < 1.29 is 4.79 Å². The summed E-state index contributed by atoms with van der Waals surface area (Å²) in [6.45, 7) is 5.21. The van der Waals surface area contributed by atoms with Gasteiger partial charge >= 0.3 is 5.69 Å². The maximum atomic E-state index is 12.7. The normalized spacial score (nSPS) is 18.4. The molecule has 28 heavy (non-hydrogen) atoms. The molecule has 7 nitrogen and oxygen atoms in total. The predicted molar refractivity (Wildman–Crippen MR) is 111 cm³/mol. The smallest absolute Gasteiger partial charge is 0.331 e. The molecule has 1 saturated heterocycles. The quantitative estimate of drug-likeness (QED) is 0.822. The molecule has 0 radical (unpaired) electrons. The third kappa shape index (κ3) is 4.72. The Morgan fingerprint density at radius 1 is 1.18 bits per heavy atom. The number of rotatable bonds is 4. The largest absolute Gasteiger partial charge is 0.340 e. The third-order valence-corrected chi connectivity index (χ3v) is 5.29. The molecule has 1 amide bonds. The number of benzene rings is 1. The van der Waals surface area contributed by atoms with Crippen LogP contribution in [0.2, 0.25) is 0 Å². The lowest BCUT2D eigenvalue weighted by Crippen LogP contribution is -2.55. The Morgan fingerprint density at radius 3 is 2.50 bits per heavy atom. The van der Waals surface area contributed by atoms with Gasteiger partial charge in [0.15, 0.2) is 0 Å². The second kappa shape index (κ2) is 8.75. The molecule has 1 atom stereocenters. The van der Waals surface area contributed by atoms with Crippen LogP contribution in [0.5, 0.6) is 0 Å². The number of halogens is 1. The zero-order valence-corrected chi connectivity index (χ0v) is 17.0. The monoisotopic (exact) mass is 406 g/mol. The molecule has 2 heterocycles. The number of piperidine rings is 1. The molecular weight excluding hydrogens is 380 g/mol. The van der Waals surface area contributed by atoms with E-state index in [0.717, 1.165) is 10.1 Å². The van der Waals surface area contributed by atoms with Crippen LogP contribution < -0.4 is 17.0 Å². The van der Waals surface area contributed by atoms with Crippen LogP contribution in [0.1, 0.15) is 25.8 Å². The van der Waals surface area contributed by atoms with Crippen LogP contribution in [0, 0.1) is 5.41 Å². The van der Waals surface area contributed by atoms with Crippen LogP contribution in [-0.4, -0.2) is 39.1 Å². The minimum atomic E-state index is -0.479. The third-order valence-electron chi connectivity index (χ3n) is 5.29. The van der Waals surface area contributed by atoms with Crippen LogP contribution in [0.25, 0.3) is 0 Å². The first-order valence-electron chi connectivity index (χ1n) is 9.15. The van der Waals surface area contributed by atoms with Crippen molar-refractivity contribution in [2.24, 2.45) is 11.1 Å². The Labute approximate surface area is 170 Å². The number of hydrogen-bond acceptors (Lipinski definition) is 4. The molecular formula is C20H27ClN4O3. The lowest BCUT2D eigenvalue weighted by molar-refractivity contribution is -0.135. The van der Waals surface area contributed by atoms with E-state index in [4.69, 9.17) is 5.73 Å². The first-order valence-corrected chi connectivity index (χ1v) is 9.15. The first-order chi connectivity index (χ1) is 12.8. The van der Waals surface area contributed by atoms with Gasteiger partial charge in [-0.2, -0.15) is 0 Å². The number of amides is 1. The molecule has 0 saturated carbocycles. The number of likely N-dealkylation sites (tertiary alicyclic amines) is 1. The van der Waals surface area contributed by atoms with Gasteiger partial charge in [-0.25, -0.2) is 4.79 Å². The van der Waals surface area contributed by atoms with Crippen LogP contribution in [-0.2, 0) is 17.9 Å². The van der Waals surface area contributed by atoms with Crippen molar-refractivity contribution in [3.05, 3.63) is 69.0 Å². The van der Waals surface area contributed by atoms with E-state index in [1.54, 1.807) is 4.90 Å². The van der Waals surface area contributed by atoms with Crippen molar-refractivity contribution >= 4 is 18.3 Å². The van der Waals surface area contributed by atoms with E-state index in [1.165, 1.54) is 16.8 Å². The molecule has 2 aromatic rings. The molecule has 0 aliphatic carbocycles. The van der Waals surface area contributed by atoms with E-state index in [1.807, 2.05) is 44.2 Å². The fourth-order valence-electron chi connectivity index (χ4n) is 3.42. The maximum absolute atomic E-state index is 12.7. The second-order valence-electron chi connectivity index (χ2n) is 7.84. The Morgan fingerprint density at radius 2 is 1.86 bits per heavy atom. The van der Waals surface area contributed by atoms with Crippen LogP contribution >= 0.6 is 12.4 Å². The van der Waals surface area contributed by atoms with Crippen molar-refractivity contribution in [2.45, 2.75) is 39.4 Å². The lowest BCUT2D eigenvalue weighted by Gasteiger charge is -2.42. The number of nitrogens with zero attached hydrogens (tertiary/aromatic N) is 3. The van der Waals surface area contributed by atoms with E-state index < -0.39 is 11.2 Å². The van der Waals surface area contributed by atoms with Gasteiger partial charge < -0.3 is 10.6 Å². The van der Waals surface area contributed by atoms with Crippen molar-refractivity contribution in [2.75, 3.05) is 13.1 Å². The minimum Gasteiger partial charge on any atom is -0.340 e. The van der Waals surface area contributed by atoms with Gasteiger partial charge in [-0.15, -0.1) is 12.4 Å². The molecule has 1 aliphatic heterocycles. The molecule has 0 spiro atoms. The van der Waals surface area contributed by atoms with E-state index in [9.17, 15) is 14.4 Å². The van der Waals surface area contributed by atoms with Crippen molar-refractivity contribution in [3.63, 3.8) is 0 Å². The second-order valence-corrected chi connectivity index (χ2v) is 7.84. The highest BCUT2D eigenvalue weighted by atomic mass is 35.5. The standard InChI is InChI=1S/C20H26N4O3.ClH/c1-20(2)14-23(10-8-16(20)21)18(26)13-24-17(25)9-11-22(19(24)27)12-15-6-4-3-5-7-15;/h3-7,9,11,16H,8,10,12-14,21H2,1-2H3;1H. The molecule has 3 rings (SSSR count). The van der Waals surface area contributed by atoms with Crippen LogP contribution in [0.15, 0.2) is 52.2 Å². The average Bonchev–Trinajstić information content (AvgIpc) is 2.64. The van der Waals surface area contributed by atoms with Gasteiger partial charge in [0.25, 0.3) is 5.56 Å². The number of carbonyl (C=O) groups excluding carboxylic acids is 1. The first kappa shape index (κ1) is 21.9. The number of hydrogen-bond donors (Lipinski definition) is 1. The summed E-state index contributed by atoms with van der Waals surface area (Å²) in [7, 11) is 0. The summed E-state index contributed by atoms with van der Waals surface area (Å²) in [5.74, 6) is -0.230. The topological polar surface area (TPSA) is 90.3 Å². The molecule has 2 N–H and O–H groups in total. The summed E-state index contributed by atoms with van der Waals surface area (Å²) in [5, 5.41) is 0. The van der Waals surface area contributed by atoms with Gasteiger partial charge in [-0.05, 0) is 17.4 Å². The van der Waals surface area contributed by atoms with E-state index >= 15 is 0 Å². The summed E-state index contributed by atoms with van der Waals surface area (Å²) < 4.78 is 2.45. The van der Waals surface area contributed by atoms with E-state index in [-0.39, 0.29) is 36.3 Å². The lowest BCUT2D eigenvalue weighted by atomic mass is 9.79. The number of carbonyl (C=O) groups is 1. The summed E-state index contributed by atoms with van der Waals surface area (Å²) in [5.41, 5.74) is 5.93. The van der Waals surface area contributed by atoms with E-state index in [0.29, 0.717) is 26.1 Å². The zero-order valence-electron chi connectivity index (χ0n) is 16.2. The zero-order chi connectivity index (χ0) is 19.6. The van der Waals surface area contributed by atoms with Crippen LogP contribution in [0.3, 0.4) is 0 Å². The van der Waals surface area contributed by atoms with Gasteiger partial charge in [-0.3, -0.25) is 18.7 Å². The van der Waals surface area contributed by atoms with Gasteiger partial charge in [0.2, 0.25) is 5.91 Å². The van der Waals surface area contributed by atoms with Crippen molar-refractivity contribution in [3.8, 4) is 0 Å². The predicted octanol–water partition coefficient (Wildman–Crippen LogP) is 1.07. The summed E-state index contributed by atoms with van der Waals surface area (Å²) in [6, 6.07) is 10.9. The van der Waals surface area contributed by atoms with E-state index in [2.05, 4.69) is 0 Å². The molecule has 8 heteroatoms. The highest BCUT2D eigenvalue weighted by Gasteiger charge is 2.35. The SMILES string of the molecule is CC1(C)CN(C(=O)Cn2c(=O)ccn(Cc3ccccc3)c2=O)CCC1N.Cl. The maximum Gasteiger partial charge on any atom is 0.331 e. The fraction of sp³-hybridized carbons (Fsp3) is 0.450. The molecule has 1 aromatic heterocycles. The Bertz CT molecular complexity index is 936. The molecule has 1 aliphatic rings. The van der Waals surface area contributed by atoms with Crippen LogP contribution in [0.4, 0.5) is 0 Å².